The minimum Gasteiger partial charge on any atom is -0.269 e. The highest BCUT2D eigenvalue weighted by molar-refractivity contribution is 5.94. The standard InChI is InChI=1S/C19H16F3N3O2/c1-13-7-9-15(10-8-13)25-17(19(20,21)22)16(11-23-25)18(26)24-27-12-14-5-3-2-4-6-14/h2-11H,12H2,1H3,(H,24,26). The van der Waals surface area contributed by atoms with Crippen molar-refractivity contribution in [2.45, 2.75) is 19.7 Å². The van der Waals surface area contributed by atoms with E-state index in [4.69, 9.17) is 4.84 Å². The van der Waals surface area contributed by atoms with E-state index in [1.165, 1.54) is 12.1 Å². The van der Waals surface area contributed by atoms with Gasteiger partial charge in [0.15, 0.2) is 5.69 Å². The van der Waals surface area contributed by atoms with Gasteiger partial charge in [-0.2, -0.15) is 18.3 Å². The van der Waals surface area contributed by atoms with E-state index >= 15 is 0 Å². The summed E-state index contributed by atoms with van der Waals surface area (Å²) >= 11 is 0. The summed E-state index contributed by atoms with van der Waals surface area (Å²) in [7, 11) is 0. The predicted octanol–water partition coefficient (Wildman–Crippen LogP) is 4.06. The number of amides is 1. The Kier molecular flexibility index (Phi) is 5.27. The molecule has 0 bridgehead atoms. The molecule has 0 saturated heterocycles. The van der Waals surface area contributed by atoms with Crippen molar-refractivity contribution in [3.63, 3.8) is 0 Å². The number of carbonyl (C=O) groups excluding carboxylic acids is 1. The van der Waals surface area contributed by atoms with E-state index < -0.39 is 23.3 Å². The Morgan fingerprint density at radius 3 is 2.41 bits per heavy atom. The van der Waals surface area contributed by atoms with Gasteiger partial charge in [0.05, 0.1) is 24.1 Å². The maximum Gasteiger partial charge on any atom is 0.434 e. The van der Waals surface area contributed by atoms with Gasteiger partial charge in [-0.3, -0.25) is 9.63 Å². The van der Waals surface area contributed by atoms with Crippen LogP contribution in [0.1, 0.15) is 27.2 Å². The number of hydroxylamine groups is 1. The molecule has 0 fully saturated rings. The summed E-state index contributed by atoms with van der Waals surface area (Å²) in [6.45, 7) is 1.85. The van der Waals surface area contributed by atoms with Crippen molar-refractivity contribution < 1.29 is 22.8 Å². The van der Waals surface area contributed by atoms with E-state index in [2.05, 4.69) is 5.10 Å². The van der Waals surface area contributed by atoms with Crippen molar-refractivity contribution in [3.05, 3.63) is 83.2 Å². The van der Waals surface area contributed by atoms with Gasteiger partial charge in [-0.1, -0.05) is 48.0 Å². The average molecular weight is 375 g/mol. The van der Waals surface area contributed by atoms with E-state index in [-0.39, 0.29) is 12.3 Å². The van der Waals surface area contributed by atoms with Crippen LogP contribution in [-0.4, -0.2) is 15.7 Å². The predicted molar refractivity (Wildman–Crippen MR) is 92.0 cm³/mol. The van der Waals surface area contributed by atoms with Gasteiger partial charge in [0.25, 0.3) is 5.91 Å². The fourth-order valence-corrected chi connectivity index (χ4v) is 2.48. The van der Waals surface area contributed by atoms with Gasteiger partial charge >= 0.3 is 6.18 Å². The first-order chi connectivity index (χ1) is 12.9. The van der Waals surface area contributed by atoms with Crippen LogP contribution in [0.25, 0.3) is 5.69 Å². The fraction of sp³-hybridized carbons (Fsp3) is 0.158. The Bertz CT molecular complexity index is 920. The normalized spacial score (nSPS) is 11.4. The minimum atomic E-state index is -4.77. The zero-order valence-corrected chi connectivity index (χ0v) is 14.3. The van der Waals surface area contributed by atoms with Crippen LogP contribution in [0.2, 0.25) is 0 Å². The van der Waals surface area contributed by atoms with Crippen molar-refractivity contribution in [2.75, 3.05) is 0 Å². The maximum absolute atomic E-state index is 13.6. The van der Waals surface area contributed by atoms with Crippen molar-refractivity contribution >= 4 is 5.91 Å². The van der Waals surface area contributed by atoms with Gasteiger partial charge in [-0.15, -0.1) is 0 Å². The van der Waals surface area contributed by atoms with Crippen LogP contribution < -0.4 is 5.48 Å². The molecule has 3 rings (SSSR count). The van der Waals surface area contributed by atoms with E-state index in [1.807, 2.05) is 18.5 Å². The molecule has 1 N–H and O–H groups in total. The number of aryl methyl sites for hydroxylation is 1. The van der Waals surface area contributed by atoms with Crippen molar-refractivity contribution in [2.24, 2.45) is 0 Å². The molecule has 1 aromatic heterocycles. The molecule has 8 heteroatoms. The first-order valence-electron chi connectivity index (χ1n) is 8.04. The van der Waals surface area contributed by atoms with Gasteiger partial charge in [-0.05, 0) is 24.6 Å². The lowest BCUT2D eigenvalue weighted by molar-refractivity contribution is -0.143. The Balaban J connectivity index is 1.82. The summed E-state index contributed by atoms with van der Waals surface area (Å²) in [5.74, 6) is -1.02. The molecular weight excluding hydrogens is 359 g/mol. The third-order valence-electron chi connectivity index (χ3n) is 3.81. The molecule has 5 nitrogen and oxygen atoms in total. The zero-order valence-electron chi connectivity index (χ0n) is 14.3. The molecule has 1 heterocycles. The lowest BCUT2D eigenvalue weighted by atomic mass is 10.2. The average Bonchev–Trinajstić information content (AvgIpc) is 3.09. The summed E-state index contributed by atoms with van der Waals surface area (Å²) in [5, 5.41) is 3.75. The van der Waals surface area contributed by atoms with Gasteiger partial charge in [0.2, 0.25) is 0 Å². The summed E-state index contributed by atoms with van der Waals surface area (Å²) in [6, 6.07) is 15.3. The quantitative estimate of drug-likeness (QED) is 0.684. The highest BCUT2D eigenvalue weighted by Crippen LogP contribution is 2.33. The van der Waals surface area contributed by atoms with Crippen LogP contribution in [0.4, 0.5) is 13.2 Å². The molecule has 0 unspecified atom stereocenters. The molecule has 0 radical (unpaired) electrons. The molecule has 0 spiro atoms. The van der Waals surface area contributed by atoms with Crippen LogP contribution >= 0.6 is 0 Å². The Morgan fingerprint density at radius 1 is 1.11 bits per heavy atom. The van der Waals surface area contributed by atoms with Crippen LogP contribution in [0.15, 0.2) is 60.8 Å². The second kappa shape index (κ2) is 7.63. The van der Waals surface area contributed by atoms with Crippen molar-refractivity contribution in [1.29, 1.82) is 0 Å². The molecule has 1 amide bonds. The molecule has 0 aliphatic carbocycles. The minimum absolute atomic E-state index is 0.0278. The van der Waals surface area contributed by atoms with E-state index in [0.717, 1.165) is 17.3 Å². The van der Waals surface area contributed by atoms with Crippen LogP contribution in [0, 0.1) is 6.92 Å². The van der Waals surface area contributed by atoms with Gasteiger partial charge in [0.1, 0.15) is 0 Å². The smallest absolute Gasteiger partial charge is 0.269 e. The molecular formula is C19H16F3N3O2. The number of halogens is 3. The molecule has 0 aliphatic heterocycles. The van der Waals surface area contributed by atoms with Gasteiger partial charge in [-0.25, -0.2) is 10.2 Å². The third kappa shape index (κ3) is 4.35. The van der Waals surface area contributed by atoms with Gasteiger partial charge < -0.3 is 0 Å². The number of benzene rings is 2. The van der Waals surface area contributed by atoms with E-state index in [0.29, 0.717) is 4.68 Å². The molecule has 0 saturated carbocycles. The van der Waals surface area contributed by atoms with Gasteiger partial charge in [0, 0.05) is 0 Å². The van der Waals surface area contributed by atoms with Crippen LogP contribution in [0.3, 0.4) is 0 Å². The molecule has 3 aromatic rings. The fourth-order valence-electron chi connectivity index (χ4n) is 2.48. The number of aromatic nitrogens is 2. The monoisotopic (exact) mass is 375 g/mol. The van der Waals surface area contributed by atoms with Crippen molar-refractivity contribution in [3.8, 4) is 5.69 Å². The number of nitrogens with one attached hydrogen (secondary N) is 1. The summed E-state index contributed by atoms with van der Waals surface area (Å²) in [6.07, 6.45) is -3.89. The van der Waals surface area contributed by atoms with Crippen LogP contribution in [0.5, 0.6) is 0 Å². The number of hydrogen-bond donors (Lipinski definition) is 1. The van der Waals surface area contributed by atoms with E-state index in [1.54, 1.807) is 36.4 Å². The zero-order chi connectivity index (χ0) is 19.4. The van der Waals surface area contributed by atoms with E-state index in [9.17, 15) is 18.0 Å². The number of rotatable bonds is 5. The lowest BCUT2D eigenvalue weighted by Gasteiger charge is -2.13. The van der Waals surface area contributed by atoms with Crippen molar-refractivity contribution in [1.82, 2.24) is 15.3 Å². The molecule has 0 aliphatic rings. The highest BCUT2D eigenvalue weighted by Gasteiger charge is 2.40. The largest absolute Gasteiger partial charge is 0.434 e. The second-order valence-electron chi connectivity index (χ2n) is 5.86. The number of carbonyl (C=O) groups is 1. The Morgan fingerprint density at radius 2 is 1.78 bits per heavy atom. The summed E-state index contributed by atoms with van der Waals surface area (Å²) < 4.78 is 41.4. The molecule has 2 aromatic carbocycles. The summed E-state index contributed by atoms with van der Waals surface area (Å²) in [4.78, 5) is 17.2. The molecule has 27 heavy (non-hydrogen) atoms. The molecule has 0 atom stereocenters. The third-order valence-corrected chi connectivity index (χ3v) is 3.81. The topological polar surface area (TPSA) is 56.2 Å². The second-order valence-corrected chi connectivity index (χ2v) is 5.86. The number of nitrogens with zero attached hydrogens (tertiary/aromatic N) is 2. The Hall–Kier alpha value is -3.13. The first-order valence-corrected chi connectivity index (χ1v) is 8.04. The Labute approximate surface area is 153 Å². The lowest BCUT2D eigenvalue weighted by Crippen LogP contribution is -2.26. The summed E-state index contributed by atoms with van der Waals surface area (Å²) in [5.41, 5.74) is 2.14. The first kappa shape index (κ1) is 18.7. The SMILES string of the molecule is Cc1ccc(-n2ncc(C(=O)NOCc3ccccc3)c2C(F)(F)F)cc1. The molecule has 140 valence electrons. The number of hydrogen-bond acceptors (Lipinski definition) is 3. The number of alkyl halides is 3. The maximum atomic E-state index is 13.6. The van der Waals surface area contributed by atoms with Crippen LogP contribution in [-0.2, 0) is 17.6 Å². The highest BCUT2D eigenvalue weighted by atomic mass is 19.4.